The van der Waals surface area contributed by atoms with Crippen molar-refractivity contribution in [2.75, 3.05) is 19.8 Å². The van der Waals surface area contributed by atoms with Gasteiger partial charge in [0.1, 0.15) is 0 Å². The van der Waals surface area contributed by atoms with Crippen LogP contribution in [0.2, 0.25) is 0 Å². The molecular formula is C20H28F3N3O4. The normalized spacial score (nSPS) is 18.2. The average Bonchev–Trinajstić information content (AvgIpc) is 2.68. The zero-order valence-electron chi connectivity index (χ0n) is 17.1. The molecule has 0 radical (unpaired) electrons. The predicted octanol–water partition coefficient (Wildman–Crippen LogP) is 3.03. The molecule has 1 heterocycles. The van der Waals surface area contributed by atoms with Gasteiger partial charge in [-0.3, -0.25) is 4.79 Å². The van der Waals surface area contributed by atoms with Gasteiger partial charge in [-0.1, -0.05) is 30.3 Å². The Labute approximate surface area is 173 Å². The molecule has 0 aromatic heterocycles. The van der Waals surface area contributed by atoms with E-state index in [0.29, 0.717) is 19.6 Å². The van der Waals surface area contributed by atoms with E-state index in [-0.39, 0.29) is 37.5 Å². The second-order valence-corrected chi connectivity index (χ2v) is 7.32. The van der Waals surface area contributed by atoms with Gasteiger partial charge < -0.3 is 25.4 Å². The fraction of sp³-hybridized carbons (Fsp3) is 0.600. The lowest BCUT2D eigenvalue weighted by Crippen LogP contribution is -2.50. The zero-order valence-corrected chi connectivity index (χ0v) is 17.1. The Morgan fingerprint density at radius 3 is 2.33 bits per heavy atom. The van der Waals surface area contributed by atoms with Crippen molar-refractivity contribution < 1.29 is 32.2 Å². The Morgan fingerprint density at radius 2 is 1.73 bits per heavy atom. The molecule has 0 bridgehead atoms. The third-order valence-corrected chi connectivity index (χ3v) is 4.71. The molecule has 3 N–H and O–H groups in total. The molecule has 2 rings (SSSR count). The molecule has 1 fully saturated rings. The van der Waals surface area contributed by atoms with Crippen LogP contribution in [0.4, 0.5) is 18.0 Å². The fourth-order valence-electron chi connectivity index (χ4n) is 3.25. The molecule has 1 aromatic rings. The predicted molar refractivity (Wildman–Crippen MR) is 104 cm³/mol. The highest BCUT2D eigenvalue weighted by Crippen LogP contribution is 2.28. The topological polar surface area (TPSA) is 88.7 Å². The Morgan fingerprint density at radius 1 is 1.10 bits per heavy atom. The zero-order chi connectivity index (χ0) is 22.2. The van der Waals surface area contributed by atoms with Crippen LogP contribution in [0.15, 0.2) is 30.3 Å². The van der Waals surface area contributed by atoms with Gasteiger partial charge in [-0.05, 0) is 25.8 Å². The van der Waals surface area contributed by atoms with Crippen molar-refractivity contribution >= 4 is 11.9 Å². The van der Waals surface area contributed by atoms with Crippen molar-refractivity contribution in [2.24, 2.45) is 0 Å². The van der Waals surface area contributed by atoms with Crippen LogP contribution in [0.1, 0.15) is 44.7 Å². The van der Waals surface area contributed by atoms with E-state index >= 15 is 0 Å². The second kappa shape index (κ2) is 10.6. The number of carbonyl (C=O) groups is 2. The van der Waals surface area contributed by atoms with Crippen molar-refractivity contribution in [3.63, 3.8) is 0 Å². The first kappa shape index (κ1) is 23.9. The van der Waals surface area contributed by atoms with Gasteiger partial charge in [0, 0.05) is 25.4 Å². The molecule has 0 spiro atoms. The Kier molecular flexibility index (Phi) is 8.48. The molecule has 1 aromatic carbocycles. The van der Waals surface area contributed by atoms with E-state index in [0.717, 1.165) is 5.56 Å². The molecule has 1 aliphatic rings. The molecule has 0 unspecified atom stereocenters. The highest BCUT2D eigenvalue weighted by molar-refractivity contribution is 5.81. The number of nitrogens with one attached hydrogen (secondary N) is 3. The highest BCUT2D eigenvalue weighted by atomic mass is 19.4. The lowest BCUT2D eigenvalue weighted by Gasteiger charge is -2.39. The summed E-state index contributed by atoms with van der Waals surface area (Å²) >= 11 is 0. The van der Waals surface area contributed by atoms with Crippen molar-refractivity contribution in [3.05, 3.63) is 35.9 Å². The molecule has 0 aliphatic carbocycles. The van der Waals surface area contributed by atoms with Crippen LogP contribution in [0.25, 0.3) is 0 Å². The summed E-state index contributed by atoms with van der Waals surface area (Å²) in [6, 6.07) is 8.50. The Balaban J connectivity index is 1.87. The van der Waals surface area contributed by atoms with E-state index in [2.05, 4.69) is 10.6 Å². The number of alkyl halides is 3. The number of hydrogen-bond donors (Lipinski definition) is 3. The minimum atomic E-state index is -4.94. The number of amides is 3. The number of ether oxygens (including phenoxy) is 2. The van der Waals surface area contributed by atoms with E-state index in [1.165, 1.54) is 0 Å². The van der Waals surface area contributed by atoms with Crippen LogP contribution in [0, 0.1) is 0 Å². The molecule has 10 heteroatoms. The molecule has 1 aliphatic heterocycles. The number of urea groups is 1. The summed E-state index contributed by atoms with van der Waals surface area (Å²) in [4.78, 5) is 23.3. The van der Waals surface area contributed by atoms with Crippen LogP contribution in [-0.4, -0.2) is 49.7 Å². The summed E-state index contributed by atoms with van der Waals surface area (Å²) in [7, 11) is 0. The summed E-state index contributed by atoms with van der Waals surface area (Å²) in [5.41, 5.74) is 0.955. The van der Waals surface area contributed by atoms with Crippen LogP contribution < -0.4 is 16.0 Å². The molecule has 30 heavy (non-hydrogen) atoms. The molecule has 0 saturated carbocycles. The largest absolute Gasteiger partial charge is 0.471 e. The number of halogens is 3. The Hall–Kier alpha value is -2.33. The number of benzene rings is 1. The first-order chi connectivity index (χ1) is 14.1. The van der Waals surface area contributed by atoms with Gasteiger partial charge in [0.2, 0.25) is 0 Å². The molecular weight excluding hydrogens is 403 g/mol. The van der Waals surface area contributed by atoms with Gasteiger partial charge in [-0.2, -0.15) is 13.2 Å². The lowest BCUT2D eigenvalue weighted by atomic mass is 10.0. The van der Waals surface area contributed by atoms with E-state index < -0.39 is 17.9 Å². The van der Waals surface area contributed by atoms with Gasteiger partial charge >= 0.3 is 18.1 Å². The monoisotopic (exact) mass is 431 g/mol. The molecule has 168 valence electrons. The minimum absolute atomic E-state index is 0.0306. The SMILES string of the molecule is C[C@@H](CC1(CCNC(=O)C(F)(F)F)OCCCO1)NC(=O)N[C@H](C)c1ccccc1. The first-order valence-corrected chi connectivity index (χ1v) is 9.86. The third kappa shape index (κ3) is 7.49. The standard InChI is InChI=1S/C20H28F3N3O4/c1-14(25-18(28)26-15(2)16-7-4-3-5-8-16)13-19(29-11-6-12-30-19)9-10-24-17(27)20(21,22)23/h3-5,7-8,14-15H,6,9-13H2,1-2H3,(H,24,27)(H2,25,26,28)/t14-,15+/m0/s1. The minimum Gasteiger partial charge on any atom is -0.350 e. The summed E-state index contributed by atoms with van der Waals surface area (Å²) in [5.74, 6) is -3.18. The second-order valence-electron chi connectivity index (χ2n) is 7.32. The van der Waals surface area contributed by atoms with Crippen LogP contribution in [0.5, 0.6) is 0 Å². The van der Waals surface area contributed by atoms with Crippen molar-refractivity contribution in [1.82, 2.24) is 16.0 Å². The average molecular weight is 431 g/mol. The number of carbonyl (C=O) groups excluding carboxylic acids is 2. The van der Waals surface area contributed by atoms with Crippen molar-refractivity contribution in [2.45, 2.75) is 57.2 Å². The molecule has 7 nitrogen and oxygen atoms in total. The Bertz CT molecular complexity index is 694. The molecule has 1 saturated heterocycles. The number of hydrogen-bond acceptors (Lipinski definition) is 4. The van der Waals surface area contributed by atoms with Gasteiger partial charge in [-0.25, -0.2) is 4.79 Å². The molecule has 3 amide bonds. The lowest BCUT2D eigenvalue weighted by molar-refractivity contribution is -0.274. The fourth-order valence-corrected chi connectivity index (χ4v) is 3.25. The quantitative estimate of drug-likeness (QED) is 0.590. The van der Waals surface area contributed by atoms with E-state index in [1.807, 2.05) is 42.6 Å². The van der Waals surface area contributed by atoms with E-state index in [1.54, 1.807) is 6.92 Å². The van der Waals surface area contributed by atoms with E-state index in [4.69, 9.17) is 9.47 Å². The van der Waals surface area contributed by atoms with Crippen molar-refractivity contribution in [1.29, 1.82) is 0 Å². The molecule has 2 atom stereocenters. The smallest absolute Gasteiger partial charge is 0.350 e. The van der Waals surface area contributed by atoms with E-state index in [9.17, 15) is 22.8 Å². The summed E-state index contributed by atoms with van der Waals surface area (Å²) in [6.07, 6.45) is -4.03. The van der Waals surface area contributed by atoms with Crippen LogP contribution in [-0.2, 0) is 14.3 Å². The van der Waals surface area contributed by atoms with Gasteiger partial charge in [0.25, 0.3) is 0 Å². The van der Waals surface area contributed by atoms with Gasteiger partial charge in [-0.15, -0.1) is 0 Å². The van der Waals surface area contributed by atoms with Gasteiger partial charge in [0.05, 0.1) is 19.3 Å². The van der Waals surface area contributed by atoms with Gasteiger partial charge in [0.15, 0.2) is 5.79 Å². The number of rotatable bonds is 8. The summed E-state index contributed by atoms with van der Waals surface area (Å²) < 4.78 is 48.5. The maximum absolute atomic E-state index is 12.4. The highest BCUT2D eigenvalue weighted by Gasteiger charge is 2.40. The van der Waals surface area contributed by atoms with Crippen LogP contribution >= 0.6 is 0 Å². The van der Waals surface area contributed by atoms with Crippen LogP contribution in [0.3, 0.4) is 0 Å². The van der Waals surface area contributed by atoms with Crippen molar-refractivity contribution in [3.8, 4) is 0 Å². The third-order valence-electron chi connectivity index (χ3n) is 4.71. The summed E-state index contributed by atoms with van der Waals surface area (Å²) in [6.45, 7) is 4.12. The first-order valence-electron chi connectivity index (χ1n) is 9.86. The maximum Gasteiger partial charge on any atom is 0.471 e. The summed E-state index contributed by atoms with van der Waals surface area (Å²) in [5, 5.41) is 7.47. The maximum atomic E-state index is 12.4.